The van der Waals surface area contributed by atoms with Gasteiger partial charge in [0, 0.05) is 32.9 Å². The monoisotopic (exact) mass is 317 g/mol. The quantitative estimate of drug-likeness (QED) is 0.806. The Morgan fingerprint density at radius 1 is 1.26 bits per heavy atom. The molecule has 0 radical (unpaired) electrons. The number of amides is 2. The molecule has 0 aliphatic carbocycles. The van der Waals surface area contributed by atoms with Gasteiger partial charge in [-0.25, -0.2) is 0 Å². The van der Waals surface area contributed by atoms with E-state index in [9.17, 15) is 9.59 Å². The number of benzene rings is 1. The van der Waals surface area contributed by atoms with E-state index < -0.39 is 0 Å². The molecule has 5 heteroatoms. The Balaban J connectivity index is 2.05. The lowest BCUT2D eigenvalue weighted by Crippen LogP contribution is -2.59. The van der Waals surface area contributed by atoms with Gasteiger partial charge in [0.15, 0.2) is 0 Å². The Morgan fingerprint density at radius 2 is 1.96 bits per heavy atom. The van der Waals surface area contributed by atoms with Crippen molar-refractivity contribution in [2.24, 2.45) is 0 Å². The number of unbranched alkanes of at least 4 members (excludes halogenated alkanes) is 1. The highest BCUT2D eigenvalue weighted by atomic mass is 16.2. The average molecular weight is 317 g/mol. The van der Waals surface area contributed by atoms with Crippen molar-refractivity contribution in [1.29, 1.82) is 0 Å². The number of para-hydroxylation sites is 1. The van der Waals surface area contributed by atoms with Crippen molar-refractivity contribution in [2.45, 2.75) is 32.2 Å². The first-order chi connectivity index (χ1) is 11.0. The van der Waals surface area contributed by atoms with E-state index in [0.717, 1.165) is 24.9 Å². The van der Waals surface area contributed by atoms with Crippen LogP contribution in [0.2, 0.25) is 0 Å². The predicted molar refractivity (Wildman–Crippen MR) is 92.4 cm³/mol. The summed E-state index contributed by atoms with van der Waals surface area (Å²) >= 11 is 0. The van der Waals surface area contributed by atoms with Crippen molar-refractivity contribution in [1.82, 2.24) is 9.80 Å². The van der Waals surface area contributed by atoms with E-state index in [2.05, 4.69) is 6.92 Å². The molecule has 126 valence electrons. The number of rotatable bonds is 6. The van der Waals surface area contributed by atoms with Crippen LogP contribution in [0.4, 0.5) is 5.69 Å². The lowest BCUT2D eigenvalue weighted by Gasteiger charge is -2.40. The first kappa shape index (κ1) is 17.3. The summed E-state index contributed by atoms with van der Waals surface area (Å²) in [7, 11) is 3.73. The van der Waals surface area contributed by atoms with Gasteiger partial charge in [-0.05, 0) is 18.6 Å². The molecule has 5 nitrogen and oxygen atoms in total. The molecule has 0 aromatic heterocycles. The maximum Gasteiger partial charge on any atom is 0.245 e. The standard InChI is InChI=1S/C18H27N3O2/c1-4-5-11-16-18(23)19(2)12-13-21(16)17(22)14-20(3)15-9-7-6-8-10-15/h6-10,16H,4-5,11-14H2,1-3H3/t16-/m0/s1. The first-order valence-electron chi connectivity index (χ1n) is 8.35. The molecule has 1 atom stereocenters. The third-order valence-electron chi connectivity index (χ3n) is 4.43. The SMILES string of the molecule is CCCC[C@H]1C(=O)N(C)CCN1C(=O)CN(C)c1ccccc1. The van der Waals surface area contributed by atoms with Crippen LogP contribution in [0.15, 0.2) is 30.3 Å². The van der Waals surface area contributed by atoms with Crippen LogP contribution in [-0.4, -0.2) is 61.4 Å². The molecule has 1 aromatic carbocycles. The fourth-order valence-corrected chi connectivity index (χ4v) is 2.95. The molecule has 1 heterocycles. The molecule has 1 saturated heterocycles. The fourth-order valence-electron chi connectivity index (χ4n) is 2.95. The Bertz CT molecular complexity index is 532. The van der Waals surface area contributed by atoms with Gasteiger partial charge >= 0.3 is 0 Å². The highest BCUT2D eigenvalue weighted by molar-refractivity contribution is 5.90. The second-order valence-corrected chi connectivity index (χ2v) is 6.20. The van der Waals surface area contributed by atoms with Crippen LogP contribution in [0.25, 0.3) is 0 Å². The van der Waals surface area contributed by atoms with E-state index in [0.29, 0.717) is 19.6 Å². The second kappa shape index (κ2) is 7.99. The molecular weight excluding hydrogens is 290 g/mol. The number of nitrogens with zero attached hydrogens (tertiary/aromatic N) is 3. The molecule has 2 amide bonds. The zero-order valence-electron chi connectivity index (χ0n) is 14.4. The summed E-state index contributed by atoms with van der Waals surface area (Å²) in [6.07, 6.45) is 2.74. The zero-order valence-corrected chi connectivity index (χ0v) is 14.4. The summed E-state index contributed by atoms with van der Waals surface area (Å²) in [6.45, 7) is 3.64. The van der Waals surface area contributed by atoms with Gasteiger partial charge in [-0.1, -0.05) is 38.0 Å². The lowest BCUT2D eigenvalue weighted by molar-refractivity contribution is -0.149. The van der Waals surface area contributed by atoms with Gasteiger partial charge in [0.25, 0.3) is 0 Å². The number of anilines is 1. The summed E-state index contributed by atoms with van der Waals surface area (Å²) in [6, 6.07) is 9.54. The minimum atomic E-state index is -0.301. The highest BCUT2D eigenvalue weighted by Crippen LogP contribution is 2.18. The summed E-state index contributed by atoms with van der Waals surface area (Å²) in [5.74, 6) is 0.0966. The Hall–Kier alpha value is -2.04. The van der Waals surface area contributed by atoms with E-state index in [4.69, 9.17) is 0 Å². The molecule has 2 rings (SSSR count). The molecule has 0 unspecified atom stereocenters. The first-order valence-corrected chi connectivity index (χ1v) is 8.35. The van der Waals surface area contributed by atoms with Crippen LogP contribution in [-0.2, 0) is 9.59 Å². The largest absolute Gasteiger partial charge is 0.365 e. The van der Waals surface area contributed by atoms with E-state index >= 15 is 0 Å². The van der Waals surface area contributed by atoms with Crippen LogP contribution >= 0.6 is 0 Å². The minimum Gasteiger partial charge on any atom is -0.365 e. The summed E-state index contributed by atoms with van der Waals surface area (Å²) < 4.78 is 0. The Morgan fingerprint density at radius 3 is 2.61 bits per heavy atom. The normalized spacial score (nSPS) is 18.2. The molecule has 1 fully saturated rings. The predicted octanol–water partition coefficient (Wildman–Crippen LogP) is 1.98. The van der Waals surface area contributed by atoms with Crippen molar-refractivity contribution in [3.05, 3.63) is 30.3 Å². The Kier molecular flexibility index (Phi) is 6.02. The minimum absolute atomic E-state index is 0.0268. The average Bonchev–Trinajstić information content (AvgIpc) is 2.56. The van der Waals surface area contributed by atoms with Gasteiger partial charge in [0.1, 0.15) is 6.04 Å². The molecule has 0 N–H and O–H groups in total. The van der Waals surface area contributed by atoms with Crippen molar-refractivity contribution >= 4 is 17.5 Å². The maximum atomic E-state index is 12.7. The number of hydrogen-bond donors (Lipinski definition) is 0. The molecular formula is C18H27N3O2. The maximum absolute atomic E-state index is 12.7. The third-order valence-corrected chi connectivity index (χ3v) is 4.43. The summed E-state index contributed by atoms with van der Waals surface area (Å²) in [4.78, 5) is 30.6. The summed E-state index contributed by atoms with van der Waals surface area (Å²) in [5.41, 5.74) is 1.01. The molecule has 1 aromatic rings. The van der Waals surface area contributed by atoms with Gasteiger partial charge in [-0.15, -0.1) is 0 Å². The van der Waals surface area contributed by atoms with Gasteiger partial charge in [0.05, 0.1) is 6.54 Å². The lowest BCUT2D eigenvalue weighted by atomic mass is 10.0. The molecule has 0 bridgehead atoms. The third kappa shape index (κ3) is 4.24. The van der Waals surface area contributed by atoms with Crippen molar-refractivity contribution in [3.63, 3.8) is 0 Å². The number of carbonyl (C=O) groups is 2. The van der Waals surface area contributed by atoms with Crippen LogP contribution in [0.3, 0.4) is 0 Å². The van der Waals surface area contributed by atoms with E-state index in [1.807, 2.05) is 49.3 Å². The number of piperazine rings is 1. The van der Waals surface area contributed by atoms with Gasteiger partial charge in [-0.2, -0.15) is 0 Å². The van der Waals surface area contributed by atoms with Crippen LogP contribution in [0.1, 0.15) is 26.2 Å². The van der Waals surface area contributed by atoms with E-state index in [-0.39, 0.29) is 17.9 Å². The van der Waals surface area contributed by atoms with Crippen LogP contribution < -0.4 is 4.90 Å². The zero-order chi connectivity index (χ0) is 16.8. The fraction of sp³-hybridized carbons (Fsp3) is 0.556. The molecule has 0 saturated carbocycles. The van der Waals surface area contributed by atoms with Gasteiger partial charge in [-0.3, -0.25) is 9.59 Å². The second-order valence-electron chi connectivity index (χ2n) is 6.20. The van der Waals surface area contributed by atoms with E-state index in [1.165, 1.54) is 0 Å². The summed E-state index contributed by atoms with van der Waals surface area (Å²) in [5, 5.41) is 0. The molecule has 23 heavy (non-hydrogen) atoms. The number of likely N-dealkylation sites (N-methyl/N-ethyl adjacent to an activating group) is 2. The van der Waals surface area contributed by atoms with Crippen molar-refractivity contribution in [3.8, 4) is 0 Å². The van der Waals surface area contributed by atoms with Gasteiger partial charge < -0.3 is 14.7 Å². The molecule has 0 spiro atoms. The van der Waals surface area contributed by atoms with Crippen LogP contribution in [0, 0.1) is 0 Å². The van der Waals surface area contributed by atoms with Crippen molar-refractivity contribution < 1.29 is 9.59 Å². The number of carbonyl (C=O) groups excluding carboxylic acids is 2. The molecule has 1 aliphatic heterocycles. The van der Waals surface area contributed by atoms with Gasteiger partial charge in [0.2, 0.25) is 11.8 Å². The topological polar surface area (TPSA) is 43.9 Å². The number of hydrogen-bond acceptors (Lipinski definition) is 3. The van der Waals surface area contributed by atoms with E-state index in [1.54, 1.807) is 9.80 Å². The Labute approximate surface area is 138 Å². The highest BCUT2D eigenvalue weighted by Gasteiger charge is 2.35. The molecule has 1 aliphatic rings. The van der Waals surface area contributed by atoms with Crippen molar-refractivity contribution in [2.75, 3.05) is 38.6 Å². The van der Waals surface area contributed by atoms with Crippen LogP contribution in [0.5, 0.6) is 0 Å². The smallest absolute Gasteiger partial charge is 0.245 e.